The van der Waals surface area contributed by atoms with Gasteiger partial charge in [0.25, 0.3) is 0 Å². The number of ether oxygens (including phenoxy) is 2. The minimum atomic E-state index is -0.173. The van der Waals surface area contributed by atoms with Crippen LogP contribution in [0.3, 0.4) is 0 Å². The van der Waals surface area contributed by atoms with E-state index in [0.29, 0.717) is 0 Å². The molecule has 2 atom stereocenters. The minimum absolute atomic E-state index is 0.108. The number of nitrogens with zero attached hydrogens (tertiary/aromatic N) is 1. The summed E-state index contributed by atoms with van der Waals surface area (Å²) in [6, 6.07) is 8.84. The van der Waals surface area contributed by atoms with Crippen LogP contribution in [0.5, 0.6) is 0 Å². The quantitative estimate of drug-likeness (QED) is 0.494. The molecule has 1 saturated heterocycles. The molecule has 3 nitrogen and oxygen atoms in total. The van der Waals surface area contributed by atoms with E-state index in [0.717, 1.165) is 19.4 Å². The van der Waals surface area contributed by atoms with Gasteiger partial charge in [-0.15, -0.1) is 0 Å². The van der Waals surface area contributed by atoms with Gasteiger partial charge in [-0.3, -0.25) is 0 Å². The van der Waals surface area contributed by atoms with Gasteiger partial charge in [-0.25, -0.2) is 0 Å². The highest BCUT2D eigenvalue weighted by molar-refractivity contribution is 5.35. The van der Waals surface area contributed by atoms with E-state index in [-0.39, 0.29) is 11.9 Å². The summed E-state index contributed by atoms with van der Waals surface area (Å²) >= 11 is 0. The second-order valence-corrected chi connectivity index (χ2v) is 8.49. The molecule has 0 aliphatic carbocycles. The van der Waals surface area contributed by atoms with Gasteiger partial charge in [0.05, 0.1) is 0 Å². The van der Waals surface area contributed by atoms with Crippen molar-refractivity contribution < 1.29 is 9.47 Å². The lowest BCUT2D eigenvalue weighted by molar-refractivity contribution is -0.228. The molecule has 0 N–H and O–H groups in total. The molecule has 2 aliphatic heterocycles. The molecule has 1 aromatic rings. The predicted molar refractivity (Wildman–Crippen MR) is 112 cm³/mol. The van der Waals surface area contributed by atoms with Gasteiger partial charge in [0, 0.05) is 20.1 Å². The lowest BCUT2D eigenvalue weighted by Crippen LogP contribution is -2.52. The molecule has 0 saturated carbocycles. The zero-order chi connectivity index (χ0) is 19.0. The molecule has 3 heteroatoms. The number of hydrogen-bond acceptors (Lipinski definition) is 3. The molecule has 0 radical (unpaired) electrons. The van der Waals surface area contributed by atoms with Crippen molar-refractivity contribution in [1.29, 1.82) is 0 Å². The van der Waals surface area contributed by atoms with E-state index in [4.69, 9.17) is 9.47 Å². The molecule has 152 valence electrons. The van der Waals surface area contributed by atoms with Crippen molar-refractivity contribution in [2.45, 2.75) is 89.4 Å². The van der Waals surface area contributed by atoms with Crippen LogP contribution in [0, 0.1) is 0 Å². The van der Waals surface area contributed by atoms with Gasteiger partial charge >= 0.3 is 0 Å². The van der Waals surface area contributed by atoms with E-state index < -0.39 is 0 Å². The van der Waals surface area contributed by atoms with Gasteiger partial charge < -0.3 is 14.4 Å². The molecule has 0 aromatic heterocycles. The summed E-state index contributed by atoms with van der Waals surface area (Å²) < 4.78 is 12.2. The van der Waals surface area contributed by atoms with Crippen molar-refractivity contribution in [3.05, 3.63) is 35.4 Å². The number of methoxy groups -OCH3 is 1. The molecular formula is C24H39NO2. The molecule has 2 heterocycles. The van der Waals surface area contributed by atoms with Crippen LogP contribution < -0.4 is 0 Å². The van der Waals surface area contributed by atoms with Crippen molar-refractivity contribution in [1.82, 2.24) is 4.90 Å². The number of rotatable bonds is 10. The van der Waals surface area contributed by atoms with E-state index in [1.807, 2.05) is 0 Å². The first-order valence-corrected chi connectivity index (χ1v) is 11.3. The number of unbranched alkanes of at least 4 members (excludes halogenated alkanes) is 7. The number of benzene rings is 1. The third kappa shape index (κ3) is 5.56. The Hall–Kier alpha value is -0.900. The van der Waals surface area contributed by atoms with Crippen molar-refractivity contribution in [2.75, 3.05) is 26.7 Å². The average Bonchev–Trinajstić information content (AvgIpc) is 2.70. The third-order valence-electron chi connectivity index (χ3n) is 6.38. The van der Waals surface area contributed by atoms with Gasteiger partial charge in [-0.05, 0) is 43.5 Å². The Balaban J connectivity index is 1.50. The molecule has 1 aromatic carbocycles. The number of likely N-dealkylation sites (tertiary alicyclic amines) is 1. The predicted octanol–water partition coefficient (Wildman–Crippen LogP) is 5.66. The molecule has 0 bridgehead atoms. The number of piperidine rings is 1. The zero-order valence-corrected chi connectivity index (χ0v) is 17.5. The van der Waals surface area contributed by atoms with Crippen molar-refractivity contribution in [3.8, 4) is 0 Å². The van der Waals surface area contributed by atoms with Crippen LogP contribution in [0.1, 0.15) is 82.3 Å². The summed E-state index contributed by atoms with van der Waals surface area (Å²) in [7, 11) is 1.77. The Morgan fingerprint density at radius 3 is 2.59 bits per heavy atom. The Labute approximate surface area is 166 Å². The summed E-state index contributed by atoms with van der Waals surface area (Å²) in [5.41, 5.74) is 2.64. The summed E-state index contributed by atoms with van der Waals surface area (Å²) in [5, 5.41) is 0. The maximum Gasteiger partial charge on any atom is 0.162 e. The van der Waals surface area contributed by atoms with E-state index in [1.165, 1.54) is 82.0 Å². The molecular weight excluding hydrogens is 334 g/mol. The topological polar surface area (TPSA) is 21.7 Å². The molecule has 1 fully saturated rings. The van der Waals surface area contributed by atoms with Gasteiger partial charge in [-0.2, -0.15) is 0 Å². The highest BCUT2D eigenvalue weighted by Gasteiger charge is 2.44. The lowest BCUT2D eigenvalue weighted by atomic mass is 9.80. The van der Waals surface area contributed by atoms with E-state index >= 15 is 0 Å². The van der Waals surface area contributed by atoms with Crippen LogP contribution in [-0.2, 0) is 21.5 Å². The monoisotopic (exact) mass is 373 g/mol. The maximum atomic E-state index is 6.54. The molecule has 1 spiro atoms. The van der Waals surface area contributed by atoms with Crippen LogP contribution >= 0.6 is 0 Å². The minimum Gasteiger partial charge on any atom is -0.355 e. The fraction of sp³-hybridized carbons (Fsp3) is 0.750. The second kappa shape index (κ2) is 10.6. The van der Waals surface area contributed by atoms with Gasteiger partial charge in [0.2, 0.25) is 0 Å². The molecule has 0 amide bonds. The van der Waals surface area contributed by atoms with Crippen molar-refractivity contribution in [2.24, 2.45) is 0 Å². The molecule has 2 aliphatic rings. The highest BCUT2D eigenvalue weighted by atomic mass is 16.7. The van der Waals surface area contributed by atoms with Gasteiger partial charge in [-0.1, -0.05) is 76.1 Å². The second-order valence-electron chi connectivity index (χ2n) is 8.49. The van der Waals surface area contributed by atoms with E-state index in [1.54, 1.807) is 7.11 Å². The standard InChI is InChI=1S/C24H39NO2/c1-3-4-5-6-7-8-9-12-17-25-18-13-16-24(20-25)22-15-11-10-14-21(22)19-23(26-2)27-24/h10-11,14-15,23H,3-9,12-13,16-20H2,1-2H3/t23-,24+/m1/s1. The molecule has 0 unspecified atom stereocenters. The summed E-state index contributed by atoms with van der Waals surface area (Å²) in [6.45, 7) is 5.72. The first-order valence-electron chi connectivity index (χ1n) is 11.3. The fourth-order valence-electron chi connectivity index (χ4n) is 4.89. The normalized spacial score (nSPS) is 25.6. The third-order valence-corrected chi connectivity index (χ3v) is 6.38. The first-order chi connectivity index (χ1) is 13.3. The Morgan fingerprint density at radius 2 is 1.81 bits per heavy atom. The Bertz CT molecular complexity index is 561. The van der Waals surface area contributed by atoms with Crippen LogP contribution in [0.15, 0.2) is 24.3 Å². The van der Waals surface area contributed by atoms with Gasteiger partial charge in [0.15, 0.2) is 6.29 Å². The summed E-state index contributed by atoms with van der Waals surface area (Å²) in [6.07, 6.45) is 14.2. The Morgan fingerprint density at radius 1 is 1.07 bits per heavy atom. The molecule has 3 rings (SSSR count). The maximum absolute atomic E-state index is 6.54. The molecule has 27 heavy (non-hydrogen) atoms. The van der Waals surface area contributed by atoms with Crippen LogP contribution in [0.2, 0.25) is 0 Å². The largest absolute Gasteiger partial charge is 0.355 e. The zero-order valence-electron chi connectivity index (χ0n) is 17.5. The lowest BCUT2D eigenvalue weighted by Gasteiger charge is -2.48. The highest BCUT2D eigenvalue weighted by Crippen LogP contribution is 2.42. The average molecular weight is 374 g/mol. The van der Waals surface area contributed by atoms with E-state index in [2.05, 4.69) is 36.1 Å². The van der Waals surface area contributed by atoms with Crippen LogP contribution in [-0.4, -0.2) is 37.9 Å². The summed E-state index contributed by atoms with van der Waals surface area (Å²) in [5.74, 6) is 0. The summed E-state index contributed by atoms with van der Waals surface area (Å²) in [4.78, 5) is 2.63. The van der Waals surface area contributed by atoms with Crippen LogP contribution in [0.4, 0.5) is 0 Å². The number of fused-ring (bicyclic) bond motifs is 2. The SMILES string of the molecule is CCCCCCCCCCN1CCC[C@@]2(C1)O[C@@H](OC)Cc1ccccc12. The number of hydrogen-bond donors (Lipinski definition) is 0. The smallest absolute Gasteiger partial charge is 0.162 e. The van der Waals surface area contributed by atoms with Gasteiger partial charge in [0.1, 0.15) is 5.60 Å². The van der Waals surface area contributed by atoms with Crippen molar-refractivity contribution in [3.63, 3.8) is 0 Å². The van der Waals surface area contributed by atoms with Crippen LogP contribution in [0.25, 0.3) is 0 Å². The Kier molecular flexibility index (Phi) is 8.17. The first kappa shape index (κ1) is 20.8. The van der Waals surface area contributed by atoms with E-state index in [9.17, 15) is 0 Å². The fourth-order valence-corrected chi connectivity index (χ4v) is 4.89. The van der Waals surface area contributed by atoms with Crippen molar-refractivity contribution >= 4 is 0 Å².